The van der Waals surface area contributed by atoms with E-state index in [0.717, 1.165) is 55.2 Å². The number of rotatable bonds is 11. The number of likely N-dealkylation sites (N-methyl/N-ethyl adjacent to an activating group) is 1. The number of halogens is 1. The summed E-state index contributed by atoms with van der Waals surface area (Å²) in [5.74, 6) is 1.06. The quantitative estimate of drug-likeness (QED) is 0.367. The third kappa shape index (κ3) is 7.20. The van der Waals surface area contributed by atoms with E-state index in [1.54, 1.807) is 6.07 Å². The maximum atomic E-state index is 14.2. The van der Waals surface area contributed by atoms with Crippen molar-refractivity contribution in [2.75, 3.05) is 51.3 Å². The lowest BCUT2D eigenvalue weighted by Gasteiger charge is -2.35. The van der Waals surface area contributed by atoms with E-state index >= 15 is 0 Å². The Bertz CT molecular complexity index is 1190. The van der Waals surface area contributed by atoms with Crippen molar-refractivity contribution in [2.24, 2.45) is 5.92 Å². The Labute approximate surface area is 225 Å². The summed E-state index contributed by atoms with van der Waals surface area (Å²) >= 11 is 0. The first kappa shape index (κ1) is 27.8. The van der Waals surface area contributed by atoms with Crippen molar-refractivity contribution in [1.82, 2.24) is 19.6 Å². The number of ether oxygens (including phenoxy) is 1. The third-order valence-electron chi connectivity index (χ3n) is 7.03. The third-order valence-corrected chi connectivity index (χ3v) is 7.03. The number of hydrogen-bond acceptors (Lipinski definition) is 5. The number of benzene rings is 2. The number of aromatic nitrogens is 2. The second kappa shape index (κ2) is 13.0. The van der Waals surface area contributed by atoms with Crippen LogP contribution in [-0.4, -0.2) is 71.9 Å². The van der Waals surface area contributed by atoms with Crippen LogP contribution in [0.3, 0.4) is 0 Å². The summed E-state index contributed by atoms with van der Waals surface area (Å²) in [6.45, 7) is 11.3. The van der Waals surface area contributed by atoms with Crippen LogP contribution < -0.4 is 4.90 Å². The lowest BCUT2D eigenvalue weighted by Crippen LogP contribution is -2.45. The number of aryl methyl sites for hydroxylation is 1. The van der Waals surface area contributed by atoms with Crippen molar-refractivity contribution >= 4 is 11.7 Å². The van der Waals surface area contributed by atoms with Crippen molar-refractivity contribution in [2.45, 2.75) is 40.3 Å². The van der Waals surface area contributed by atoms with Crippen molar-refractivity contribution in [3.05, 3.63) is 77.2 Å². The highest BCUT2D eigenvalue weighted by atomic mass is 19.1. The normalized spacial score (nSPS) is 14.3. The van der Waals surface area contributed by atoms with Gasteiger partial charge in [0.25, 0.3) is 0 Å². The number of amides is 1. The van der Waals surface area contributed by atoms with Crippen LogP contribution in [-0.2, 0) is 22.7 Å². The lowest BCUT2D eigenvalue weighted by atomic mass is 10.1. The summed E-state index contributed by atoms with van der Waals surface area (Å²) in [7, 11) is 2.12. The monoisotopic (exact) mass is 521 g/mol. The average molecular weight is 522 g/mol. The molecule has 0 bridgehead atoms. The van der Waals surface area contributed by atoms with Gasteiger partial charge >= 0.3 is 0 Å². The van der Waals surface area contributed by atoms with Crippen LogP contribution in [0.25, 0.3) is 5.69 Å². The summed E-state index contributed by atoms with van der Waals surface area (Å²) in [5.41, 5.74) is 3.56. The second-order valence-electron chi connectivity index (χ2n) is 10.5. The highest BCUT2D eigenvalue weighted by Gasteiger charge is 2.27. The molecule has 0 spiro atoms. The summed E-state index contributed by atoms with van der Waals surface area (Å²) in [6, 6.07) is 16.4. The minimum atomic E-state index is -0.300. The van der Waals surface area contributed by atoms with E-state index in [4.69, 9.17) is 9.84 Å². The van der Waals surface area contributed by atoms with Crippen molar-refractivity contribution in [1.29, 1.82) is 0 Å². The maximum absolute atomic E-state index is 14.2. The molecule has 1 aliphatic rings. The van der Waals surface area contributed by atoms with Gasteiger partial charge in [-0.2, -0.15) is 5.10 Å². The van der Waals surface area contributed by atoms with Gasteiger partial charge in [0.2, 0.25) is 5.91 Å². The van der Waals surface area contributed by atoms with Crippen LogP contribution in [0, 0.1) is 18.7 Å². The first-order chi connectivity index (χ1) is 18.3. The number of nitrogens with zero attached hydrogens (tertiary/aromatic N) is 5. The van der Waals surface area contributed by atoms with Crippen LogP contribution in [0.1, 0.15) is 37.1 Å². The largest absolute Gasteiger partial charge is 0.367 e. The van der Waals surface area contributed by atoms with E-state index in [0.29, 0.717) is 31.3 Å². The number of anilines is 1. The summed E-state index contributed by atoms with van der Waals surface area (Å²) in [4.78, 5) is 19.9. The molecule has 204 valence electrons. The molecule has 2 heterocycles. The molecule has 0 aliphatic carbocycles. The molecule has 0 radical (unpaired) electrons. The molecule has 0 atom stereocenters. The predicted octanol–water partition coefficient (Wildman–Crippen LogP) is 4.66. The van der Waals surface area contributed by atoms with E-state index in [1.165, 1.54) is 12.1 Å². The maximum Gasteiger partial charge on any atom is 0.248 e. The summed E-state index contributed by atoms with van der Waals surface area (Å²) in [6.07, 6.45) is 0.894. The molecule has 38 heavy (non-hydrogen) atoms. The molecule has 2 aromatic carbocycles. The zero-order valence-electron chi connectivity index (χ0n) is 23.1. The van der Waals surface area contributed by atoms with Gasteiger partial charge in [0.1, 0.15) is 18.2 Å². The molecule has 1 amide bonds. The zero-order chi connectivity index (χ0) is 27.1. The zero-order valence-corrected chi connectivity index (χ0v) is 23.1. The molecule has 7 nitrogen and oxygen atoms in total. The van der Waals surface area contributed by atoms with Gasteiger partial charge in [-0.25, -0.2) is 9.07 Å². The molecule has 1 fully saturated rings. The highest BCUT2D eigenvalue weighted by molar-refractivity contribution is 5.77. The molecule has 0 saturated carbocycles. The summed E-state index contributed by atoms with van der Waals surface area (Å²) in [5, 5.41) is 4.85. The number of carbonyl (C=O) groups is 1. The Morgan fingerprint density at radius 1 is 1.08 bits per heavy atom. The molecule has 1 aliphatic heterocycles. The van der Waals surface area contributed by atoms with Crippen molar-refractivity contribution in [3.63, 3.8) is 0 Å². The Morgan fingerprint density at radius 3 is 2.50 bits per heavy atom. The predicted molar refractivity (Wildman–Crippen MR) is 149 cm³/mol. The van der Waals surface area contributed by atoms with Gasteiger partial charge in [0.05, 0.1) is 24.5 Å². The van der Waals surface area contributed by atoms with Crippen LogP contribution >= 0.6 is 0 Å². The van der Waals surface area contributed by atoms with Gasteiger partial charge in [-0.1, -0.05) is 50.2 Å². The van der Waals surface area contributed by atoms with E-state index < -0.39 is 0 Å². The molecule has 0 N–H and O–H groups in total. The van der Waals surface area contributed by atoms with Crippen LogP contribution in [0.2, 0.25) is 0 Å². The molecular formula is C30H40FN5O2. The molecule has 1 saturated heterocycles. The minimum absolute atomic E-state index is 0.0217. The van der Waals surface area contributed by atoms with Gasteiger partial charge in [-0.15, -0.1) is 0 Å². The number of piperazine rings is 1. The highest BCUT2D eigenvalue weighted by Crippen LogP contribution is 2.30. The Kier molecular flexibility index (Phi) is 9.53. The Balaban J connectivity index is 1.61. The van der Waals surface area contributed by atoms with Crippen LogP contribution in [0.4, 0.5) is 10.2 Å². The van der Waals surface area contributed by atoms with Crippen LogP contribution in [0.15, 0.2) is 54.6 Å². The molecule has 8 heteroatoms. The fraction of sp³-hybridized carbons (Fsp3) is 0.467. The lowest BCUT2D eigenvalue weighted by molar-refractivity contribution is -0.137. The van der Waals surface area contributed by atoms with Crippen molar-refractivity contribution in [3.8, 4) is 5.69 Å². The van der Waals surface area contributed by atoms with Gasteiger partial charge in [-0.05, 0) is 50.1 Å². The van der Waals surface area contributed by atoms with E-state index in [9.17, 15) is 9.18 Å². The topological polar surface area (TPSA) is 53.8 Å². The first-order valence-electron chi connectivity index (χ1n) is 13.5. The Hall–Kier alpha value is -3.23. The summed E-state index contributed by atoms with van der Waals surface area (Å²) < 4.78 is 21.8. The van der Waals surface area contributed by atoms with E-state index in [1.807, 2.05) is 52.9 Å². The Morgan fingerprint density at radius 2 is 1.82 bits per heavy atom. The van der Waals surface area contributed by atoms with Gasteiger partial charge in [0.15, 0.2) is 0 Å². The average Bonchev–Trinajstić information content (AvgIpc) is 3.23. The van der Waals surface area contributed by atoms with Crippen molar-refractivity contribution < 1.29 is 13.9 Å². The first-order valence-corrected chi connectivity index (χ1v) is 13.5. The molecule has 3 aromatic rings. The molecule has 0 unspecified atom stereocenters. The van der Waals surface area contributed by atoms with Gasteiger partial charge in [-0.3, -0.25) is 4.79 Å². The number of hydrogen-bond donors (Lipinski definition) is 0. The second-order valence-corrected chi connectivity index (χ2v) is 10.5. The minimum Gasteiger partial charge on any atom is -0.367 e. The fourth-order valence-corrected chi connectivity index (χ4v) is 4.68. The van der Waals surface area contributed by atoms with Crippen LogP contribution in [0.5, 0.6) is 0 Å². The van der Waals surface area contributed by atoms with Gasteiger partial charge < -0.3 is 19.4 Å². The standard InChI is InChI=1S/C30H40FN5O2/c1-23(2)13-14-35(29(37)22-38-21-25-9-6-5-7-10-25)20-28-24(3)32-36(27-12-8-11-26(31)19-27)30(28)34-17-15-33(4)16-18-34/h5-12,19,23H,13-18,20-22H2,1-4H3. The molecular weight excluding hydrogens is 481 g/mol. The number of carbonyl (C=O) groups excluding carboxylic acids is 1. The smallest absolute Gasteiger partial charge is 0.248 e. The van der Waals surface area contributed by atoms with E-state index in [-0.39, 0.29) is 18.3 Å². The molecule has 1 aromatic heterocycles. The van der Waals surface area contributed by atoms with Gasteiger partial charge in [0, 0.05) is 38.3 Å². The van der Waals surface area contributed by atoms with E-state index in [2.05, 4.69) is 30.7 Å². The fourth-order valence-electron chi connectivity index (χ4n) is 4.68. The molecule has 4 rings (SSSR count). The SMILES string of the molecule is Cc1nn(-c2cccc(F)c2)c(N2CCN(C)CC2)c1CN(CCC(C)C)C(=O)COCc1ccccc1.